The zero-order valence-corrected chi connectivity index (χ0v) is 10.8. The van der Waals surface area contributed by atoms with Crippen LogP contribution in [0, 0.1) is 0 Å². The van der Waals surface area contributed by atoms with Crippen LogP contribution in [0.3, 0.4) is 0 Å². The average Bonchev–Trinajstić information content (AvgIpc) is 2.42. The Morgan fingerprint density at radius 2 is 1.72 bits per heavy atom. The summed E-state index contributed by atoms with van der Waals surface area (Å²) in [7, 11) is 4.55. The summed E-state index contributed by atoms with van der Waals surface area (Å²) in [4.78, 5) is 10.4. The van der Waals surface area contributed by atoms with E-state index in [1.807, 2.05) is 0 Å². The predicted octanol–water partition coefficient (Wildman–Crippen LogP) is 1.72. The number of carbonyl (C=O) groups is 1. The highest BCUT2D eigenvalue weighted by molar-refractivity contribution is 5.53. The lowest BCUT2D eigenvalue weighted by Crippen LogP contribution is -2.04. The van der Waals surface area contributed by atoms with Crippen molar-refractivity contribution in [1.82, 2.24) is 0 Å². The molecule has 1 aromatic carbocycles. The number of methoxy groups -OCH3 is 3. The van der Waals surface area contributed by atoms with E-state index >= 15 is 0 Å². The van der Waals surface area contributed by atoms with Gasteiger partial charge < -0.3 is 24.1 Å². The third-order valence-corrected chi connectivity index (χ3v) is 2.64. The van der Waals surface area contributed by atoms with Gasteiger partial charge in [0.05, 0.1) is 33.0 Å². The van der Waals surface area contributed by atoms with Gasteiger partial charge in [-0.3, -0.25) is 0 Å². The van der Waals surface area contributed by atoms with Gasteiger partial charge in [-0.1, -0.05) is 0 Å². The molecule has 5 heteroatoms. The van der Waals surface area contributed by atoms with E-state index in [-0.39, 0.29) is 6.42 Å². The molecule has 0 saturated heterocycles. The Morgan fingerprint density at radius 1 is 1.17 bits per heavy atom. The van der Waals surface area contributed by atoms with Crippen LogP contribution in [0.1, 0.15) is 24.5 Å². The fourth-order valence-corrected chi connectivity index (χ4v) is 1.73. The Bertz CT molecular complexity index is 377. The van der Waals surface area contributed by atoms with Crippen molar-refractivity contribution in [2.24, 2.45) is 0 Å². The number of benzene rings is 1. The molecule has 0 aliphatic heterocycles. The second-order valence-electron chi connectivity index (χ2n) is 3.71. The smallest absolute Gasteiger partial charge is 0.132 e. The minimum absolute atomic E-state index is 0.277. The monoisotopic (exact) mass is 254 g/mol. The highest BCUT2D eigenvalue weighted by Crippen LogP contribution is 2.39. The fourth-order valence-electron chi connectivity index (χ4n) is 1.73. The van der Waals surface area contributed by atoms with Crippen LogP contribution in [0.2, 0.25) is 0 Å². The van der Waals surface area contributed by atoms with Gasteiger partial charge in [0.1, 0.15) is 23.5 Å². The molecule has 0 aliphatic rings. The molecule has 0 amide bonds. The van der Waals surface area contributed by atoms with Crippen LogP contribution >= 0.6 is 0 Å². The predicted molar refractivity (Wildman–Crippen MR) is 66.4 cm³/mol. The molecule has 0 heterocycles. The van der Waals surface area contributed by atoms with E-state index in [0.717, 1.165) is 6.29 Å². The van der Waals surface area contributed by atoms with Crippen molar-refractivity contribution < 1.29 is 24.1 Å². The molecule has 5 nitrogen and oxygen atoms in total. The largest absolute Gasteiger partial charge is 0.496 e. The first kappa shape index (κ1) is 14.3. The molecule has 1 unspecified atom stereocenters. The lowest BCUT2D eigenvalue weighted by molar-refractivity contribution is -0.108. The number of hydrogen-bond acceptors (Lipinski definition) is 5. The molecule has 0 radical (unpaired) electrons. The third-order valence-electron chi connectivity index (χ3n) is 2.64. The van der Waals surface area contributed by atoms with Crippen LogP contribution in [0.25, 0.3) is 0 Å². The number of rotatable bonds is 7. The van der Waals surface area contributed by atoms with Crippen LogP contribution in [-0.4, -0.2) is 32.7 Å². The molecule has 1 atom stereocenters. The van der Waals surface area contributed by atoms with E-state index in [0.29, 0.717) is 29.2 Å². The summed E-state index contributed by atoms with van der Waals surface area (Å²) in [5, 5.41) is 10.1. The van der Waals surface area contributed by atoms with Crippen molar-refractivity contribution in [1.29, 1.82) is 0 Å². The standard InChI is InChI=1S/C13H18O5/c1-16-9-7-11(17-2)13(12(8-9)18-3)10(15)5-4-6-14/h6-8,10,15H,4-5H2,1-3H3. The van der Waals surface area contributed by atoms with Crippen molar-refractivity contribution in [3.05, 3.63) is 17.7 Å². The number of hydrogen-bond donors (Lipinski definition) is 1. The molecular weight excluding hydrogens is 236 g/mol. The van der Waals surface area contributed by atoms with Gasteiger partial charge in [-0.2, -0.15) is 0 Å². The Labute approximate surface area is 106 Å². The summed E-state index contributed by atoms with van der Waals surface area (Å²) >= 11 is 0. The quantitative estimate of drug-likeness (QED) is 0.751. The highest BCUT2D eigenvalue weighted by Gasteiger charge is 2.20. The van der Waals surface area contributed by atoms with Crippen LogP contribution in [0.4, 0.5) is 0 Å². The molecule has 0 aromatic heterocycles. The van der Waals surface area contributed by atoms with Crippen molar-refractivity contribution in [3.8, 4) is 17.2 Å². The third kappa shape index (κ3) is 3.13. The van der Waals surface area contributed by atoms with Crippen molar-refractivity contribution in [2.45, 2.75) is 18.9 Å². The Hall–Kier alpha value is -1.75. The van der Waals surface area contributed by atoms with E-state index in [1.165, 1.54) is 21.3 Å². The van der Waals surface area contributed by atoms with Gasteiger partial charge in [-0.25, -0.2) is 0 Å². The van der Waals surface area contributed by atoms with Gasteiger partial charge in [-0.05, 0) is 6.42 Å². The first-order chi connectivity index (χ1) is 8.67. The van der Waals surface area contributed by atoms with Gasteiger partial charge in [0.15, 0.2) is 0 Å². The van der Waals surface area contributed by atoms with Crippen LogP contribution in [-0.2, 0) is 4.79 Å². The zero-order chi connectivity index (χ0) is 13.5. The van der Waals surface area contributed by atoms with E-state index in [9.17, 15) is 9.90 Å². The second kappa shape index (κ2) is 6.86. The lowest BCUT2D eigenvalue weighted by atomic mass is 10.0. The molecule has 1 N–H and O–H groups in total. The molecule has 0 aliphatic carbocycles. The Kier molecular flexibility index (Phi) is 5.45. The summed E-state index contributed by atoms with van der Waals surface area (Å²) in [6.07, 6.45) is 0.555. The van der Waals surface area contributed by atoms with Crippen molar-refractivity contribution >= 4 is 6.29 Å². The maximum Gasteiger partial charge on any atom is 0.132 e. The van der Waals surface area contributed by atoms with Gasteiger partial charge >= 0.3 is 0 Å². The van der Waals surface area contributed by atoms with Gasteiger partial charge in [0.2, 0.25) is 0 Å². The van der Waals surface area contributed by atoms with Gasteiger partial charge in [0, 0.05) is 18.6 Å². The number of aldehydes is 1. The maximum atomic E-state index is 10.4. The summed E-state index contributed by atoms with van der Waals surface area (Å²) in [6.45, 7) is 0. The number of carbonyl (C=O) groups excluding carboxylic acids is 1. The molecule has 0 saturated carbocycles. The van der Waals surface area contributed by atoms with E-state index in [4.69, 9.17) is 14.2 Å². The Morgan fingerprint density at radius 3 is 2.11 bits per heavy atom. The number of ether oxygens (including phenoxy) is 3. The molecule has 0 fully saturated rings. The number of aliphatic hydroxyl groups is 1. The summed E-state index contributed by atoms with van der Waals surface area (Å²) in [5.74, 6) is 1.53. The molecular formula is C13H18O5. The normalized spacial score (nSPS) is 11.8. The minimum Gasteiger partial charge on any atom is -0.496 e. The minimum atomic E-state index is -0.814. The lowest BCUT2D eigenvalue weighted by Gasteiger charge is -2.18. The molecule has 1 aromatic rings. The van der Waals surface area contributed by atoms with Crippen LogP contribution in [0.15, 0.2) is 12.1 Å². The average molecular weight is 254 g/mol. The van der Waals surface area contributed by atoms with Crippen LogP contribution < -0.4 is 14.2 Å². The topological polar surface area (TPSA) is 65.0 Å². The first-order valence-corrected chi connectivity index (χ1v) is 5.59. The zero-order valence-electron chi connectivity index (χ0n) is 10.8. The Balaban J connectivity index is 3.17. The maximum absolute atomic E-state index is 10.4. The van der Waals surface area contributed by atoms with E-state index in [1.54, 1.807) is 12.1 Å². The first-order valence-electron chi connectivity index (χ1n) is 5.59. The van der Waals surface area contributed by atoms with Gasteiger partial charge in [-0.15, -0.1) is 0 Å². The second-order valence-corrected chi connectivity index (χ2v) is 3.71. The van der Waals surface area contributed by atoms with Gasteiger partial charge in [0.25, 0.3) is 0 Å². The van der Waals surface area contributed by atoms with Crippen molar-refractivity contribution in [2.75, 3.05) is 21.3 Å². The molecule has 1 rings (SSSR count). The summed E-state index contributed by atoms with van der Waals surface area (Å²) in [5.41, 5.74) is 0.530. The van der Waals surface area contributed by atoms with E-state index in [2.05, 4.69) is 0 Å². The SMILES string of the molecule is COc1cc(OC)c(C(O)CCC=O)c(OC)c1. The van der Waals surface area contributed by atoms with E-state index < -0.39 is 6.10 Å². The molecule has 0 bridgehead atoms. The summed E-state index contributed by atoms with van der Waals surface area (Å²) < 4.78 is 15.6. The fraction of sp³-hybridized carbons (Fsp3) is 0.462. The van der Waals surface area contributed by atoms with Crippen molar-refractivity contribution in [3.63, 3.8) is 0 Å². The molecule has 0 spiro atoms. The molecule has 100 valence electrons. The number of aliphatic hydroxyl groups excluding tert-OH is 1. The highest BCUT2D eigenvalue weighted by atomic mass is 16.5. The summed E-state index contributed by atoms with van der Waals surface area (Å²) in [6, 6.07) is 3.34. The molecule has 18 heavy (non-hydrogen) atoms. The van der Waals surface area contributed by atoms with Crippen LogP contribution in [0.5, 0.6) is 17.2 Å².